The third-order valence-corrected chi connectivity index (χ3v) is 5.00. The number of carbonyl (C=O) groups is 2. The van der Waals surface area contributed by atoms with E-state index in [9.17, 15) is 14.7 Å². The van der Waals surface area contributed by atoms with Crippen molar-refractivity contribution in [1.29, 1.82) is 0 Å². The topological polar surface area (TPSA) is 92.9 Å². The van der Waals surface area contributed by atoms with Gasteiger partial charge in [0.15, 0.2) is 0 Å². The van der Waals surface area contributed by atoms with Crippen molar-refractivity contribution in [3.63, 3.8) is 0 Å². The molecule has 26 heavy (non-hydrogen) atoms. The summed E-state index contributed by atoms with van der Waals surface area (Å²) in [5, 5.41) is 9.59. The maximum Gasteiger partial charge on any atom is 0.408 e. The monoisotopic (exact) mass is 354 g/mol. The van der Waals surface area contributed by atoms with E-state index >= 15 is 0 Å². The number of nitrogens with zero attached hydrogens (tertiary/aromatic N) is 1. The van der Waals surface area contributed by atoms with Crippen LogP contribution >= 0.6 is 0 Å². The van der Waals surface area contributed by atoms with E-state index in [1.807, 2.05) is 54.6 Å². The second-order valence-electron chi connectivity index (χ2n) is 6.69. The van der Waals surface area contributed by atoms with Gasteiger partial charge in [-0.3, -0.25) is 9.69 Å². The molecule has 2 aromatic carbocycles. The first kappa shape index (κ1) is 17.8. The molecule has 0 aliphatic carbocycles. The van der Waals surface area contributed by atoms with Crippen LogP contribution in [-0.2, 0) is 11.4 Å². The Kier molecular flexibility index (Phi) is 4.84. The molecule has 2 amide bonds. The van der Waals surface area contributed by atoms with Crippen LogP contribution in [0.25, 0.3) is 0 Å². The highest BCUT2D eigenvalue weighted by molar-refractivity contribution is 5.88. The number of nitrogens with two attached hydrogens (primary N) is 1. The van der Waals surface area contributed by atoms with Gasteiger partial charge in [-0.05, 0) is 43.0 Å². The number of carboxylic acid groups (broad SMARTS) is 1. The van der Waals surface area contributed by atoms with Gasteiger partial charge in [-0.1, -0.05) is 42.5 Å². The van der Waals surface area contributed by atoms with Crippen molar-refractivity contribution in [2.75, 3.05) is 0 Å². The SMILES string of the molecule is C[C@]1(C(N)=O)CC[C@@H](c2ccc(OCc3ccccc3)cc2)N1C(=O)O. The zero-order chi connectivity index (χ0) is 18.7. The van der Waals surface area contributed by atoms with E-state index in [2.05, 4.69) is 0 Å². The molecule has 1 aliphatic rings. The summed E-state index contributed by atoms with van der Waals surface area (Å²) in [4.78, 5) is 24.7. The van der Waals surface area contributed by atoms with Crippen LogP contribution in [0.5, 0.6) is 5.75 Å². The third-order valence-electron chi connectivity index (χ3n) is 5.00. The number of hydrogen-bond acceptors (Lipinski definition) is 3. The van der Waals surface area contributed by atoms with E-state index in [4.69, 9.17) is 10.5 Å². The molecule has 0 unspecified atom stereocenters. The third kappa shape index (κ3) is 3.35. The molecule has 6 nitrogen and oxygen atoms in total. The van der Waals surface area contributed by atoms with Gasteiger partial charge in [0, 0.05) is 0 Å². The normalized spacial score (nSPS) is 22.2. The number of carbonyl (C=O) groups excluding carboxylic acids is 1. The highest BCUT2D eigenvalue weighted by Crippen LogP contribution is 2.42. The minimum absolute atomic E-state index is 0.395. The van der Waals surface area contributed by atoms with E-state index in [1.165, 1.54) is 4.90 Å². The van der Waals surface area contributed by atoms with Crippen LogP contribution in [0.3, 0.4) is 0 Å². The van der Waals surface area contributed by atoms with Gasteiger partial charge in [0.05, 0.1) is 6.04 Å². The van der Waals surface area contributed by atoms with Crippen molar-refractivity contribution in [1.82, 2.24) is 4.90 Å². The number of amides is 2. The fraction of sp³-hybridized carbons (Fsp3) is 0.300. The van der Waals surface area contributed by atoms with E-state index in [1.54, 1.807) is 6.92 Å². The molecule has 3 rings (SSSR count). The Labute approximate surface area is 152 Å². The fourth-order valence-electron chi connectivity index (χ4n) is 3.44. The molecular formula is C20H22N2O4. The summed E-state index contributed by atoms with van der Waals surface area (Å²) in [6.45, 7) is 2.05. The van der Waals surface area contributed by atoms with Crippen molar-refractivity contribution in [2.24, 2.45) is 5.73 Å². The van der Waals surface area contributed by atoms with Crippen molar-refractivity contribution in [3.05, 3.63) is 65.7 Å². The van der Waals surface area contributed by atoms with E-state index in [-0.39, 0.29) is 0 Å². The van der Waals surface area contributed by atoms with Crippen LogP contribution in [0.2, 0.25) is 0 Å². The lowest BCUT2D eigenvalue weighted by Crippen LogP contribution is -2.54. The molecule has 1 fully saturated rings. The summed E-state index contributed by atoms with van der Waals surface area (Å²) in [5.41, 5.74) is 6.17. The van der Waals surface area contributed by atoms with Crippen molar-refractivity contribution in [3.8, 4) is 5.75 Å². The first-order chi connectivity index (χ1) is 12.4. The van der Waals surface area contributed by atoms with Crippen LogP contribution in [0.15, 0.2) is 54.6 Å². The molecule has 1 saturated heterocycles. The molecule has 0 radical (unpaired) electrons. The summed E-state index contributed by atoms with van der Waals surface area (Å²) in [6.07, 6.45) is -0.181. The summed E-state index contributed by atoms with van der Waals surface area (Å²) in [5.74, 6) is 0.0837. The van der Waals surface area contributed by atoms with Crippen LogP contribution in [0.4, 0.5) is 4.79 Å². The van der Waals surface area contributed by atoms with E-state index in [0.717, 1.165) is 11.1 Å². The first-order valence-electron chi connectivity index (χ1n) is 8.50. The summed E-state index contributed by atoms with van der Waals surface area (Å²) in [6, 6.07) is 16.8. The van der Waals surface area contributed by atoms with Gasteiger partial charge in [-0.2, -0.15) is 0 Å². The highest BCUT2D eigenvalue weighted by atomic mass is 16.5. The van der Waals surface area contributed by atoms with Gasteiger partial charge < -0.3 is 15.6 Å². The van der Waals surface area contributed by atoms with Crippen LogP contribution < -0.4 is 10.5 Å². The zero-order valence-electron chi connectivity index (χ0n) is 14.6. The molecule has 6 heteroatoms. The second-order valence-corrected chi connectivity index (χ2v) is 6.69. The average Bonchev–Trinajstić information content (AvgIpc) is 3.00. The average molecular weight is 354 g/mol. The van der Waals surface area contributed by atoms with Gasteiger partial charge in [-0.25, -0.2) is 4.79 Å². The molecule has 2 aromatic rings. The molecule has 1 heterocycles. The summed E-state index contributed by atoms with van der Waals surface area (Å²) >= 11 is 0. The largest absolute Gasteiger partial charge is 0.489 e. The quantitative estimate of drug-likeness (QED) is 0.861. The Morgan fingerprint density at radius 1 is 1.19 bits per heavy atom. The minimum atomic E-state index is -1.18. The van der Waals surface area contributed by atoms with Gasteiger partial charge in [0.2, 0.25) is 5.91 Å². The van der Waals surface area contributed by atoms with Crippen molar-refractivity contribution < 1.29 is 19.4 Å². The number of likely N-dealkylation sites (tertiary alicyclic amines) is 1. The van der Waals surface area contributed by atoms with Crippen LogP contribution in [0.1, 0.15) is 36.9 Å². The number of benzene rings is 2. The molecular weight excluding hydrogens is 332 g/mol. The summed E-state index contributed by atoms with van der Waals surface area (Å²) in [7, 11) is 0. The molecule has 0 aromatic heterocycles. The molecule has 0 bridgehead atoms. The maximum absolute atomic E-state index is 11.8. The molecule has 0 spiro atoms. The molecule has 2 atom stereocenters. The fourth-order valence-corrected chi connectivity index (χ4v) is 3.44. The lowest BCUT2D eigenvalue weighted by atomic mass is 9.98. The summed E-state index contributed by atoms with van der Waals surface area (Å²) < 4.78 is 5.76. The van der Waals surface area contributed by atoms with Gasteiger partial charge >= 0.3 is 6.09 Å². The lowest BCUT2D eigenvalue weighted by molar-refractivity contribution is -0.127. The second kappa shape index (κ2) is 7.07. The van der Waals surface area contributed by atoms with Crippen molar-refractivity contribution in [2.45, 2.75) is 38.0 Å². The zero-order valence-corrected chi connectivity index (χ0v) is 14.6. The predicted octanol–water partition coefficient (Wildman–Crippen LogP) is 3.32. The van der Waals surface area contributed by atoms with Crippen molar-refractivity contribution >= 4 is 12.0 Å². The predicted molar refractivity (Wildman–Crippen MR) is 96.7 cm³/mol. The number of hydrogen-bond donors (Lipinski definition) is 2. The van der Waals surface area contributed by atoms with Crippen LogP contribution in [-0.4, -0.2) is 27.5 Å². The molecule has 0 saturated carbocycles. The van der Waals surface area contributed by atoms with Gasteiger partial charge in [0.25, 0.3) is 0 Å². The van der Waals surface area contributed by atoms with E-state index < -0.39 is 23.6 Å². The Morgan fingerprint density at radius 3 is 2.42 bits per heavy atom. The van der Waals surface area contributed by atoms with Crippen LogP contribution in [0, 0.1) is 0 Å². The molecule has 1 aliphatic heterocycles. The Hall–Kier alpha value is -3.02. The first-order valence-corrected chi connectivity index (χ1v) is 8.50. The Morgan fingerprint density at radius 2 is 1.85 bits per heavy atom. The molecule has 3 N–H and O–H groups in total. The smallest absolute Gasteiger partial charge is 0.408 e. The minimum Gasteiger partial charge on any atom is -0.489 e. The molecule has 136 valence electrons. The highest BCUT2D eigenvalue weighted by Gasteiger charge is 2.50. The number of ether oxygens (including phenoxy) is 1. The number of primary amides is 1. The Bertz CT molecular complexity index is 791. The van der Waals surface area contributed by atoms with Gasteiger partial charge in [-0.15, -0.1) is 0 Å². The van der Waals surface area contributed by atoms with E-state index in [0.29, 0.717) is 25.2 Å². The van der Waals surface area contributed by atoms with Gasteiger partial charge in [0.1, 0.15) is 17.9 Å². The Balaban J connectivity index is 1.73. The lowest BCUT2D eigenvalue weighted by Gasteiger charge is -2.33. The number of rotatable bonds is 5. The maximum atomic E-state index is 11.8. The standard InChI is InChI=1S/C20H22N2O4/c1-20(18(21)23)12-11-17(22(20)19(24)25)15-7-9-16(10-8-15)26-13-14-5-3-2-4-6-14/h2-10,17H,11-13H2,1H3,(H2,21,23)(H,24,25)/t17-,20+/m0/s1.